The number of Topliss-reactive ketones (excluding diaryl/α,β-unsaturated/α-hetero) is 1. The van der Waals surface area contributed by atoms with E-state index < -0.39 is 0 Å². The van der Waals surface area contributed by atoms with Crippen molar-refractivity contribution in [2.45, 2.75) is 25.7 Å². The number of anilines is 1. The van der Waals surface area contributed by atoms with Gasteiger partial charge in [0, 0.05) is 44.7 Å². The maximum Gasteiger partial charge on any atom is 0.220 e. The highest BCUT2D eigenvalue weighted by Gasteiger charge is 2.08. The standard InChI is InChI=1S/C22H28N2O3/c1-24(2)19-11-7-17(8-12-19)15-16-23-22(26)6-4-5-21(25)18-9-13-20(27-3)14-10-18/h7-14H,4-6,15-16H2,1-3H3,(H,23,26). The Morgan fingerprint density at radius 3 is 2.22 bits per heavy atom. The third kappa shape index (κ3) is 6.77. The molecule has 27 heavy (non-hydrogen) atoms. The van der Waals surface area contributed by atoms with E-state index in [4.69, 9.17) is 4.74 Å². The highest BCUT2D eigenvalue weighted by molar-refractivity contribution is 5.96. The number of hydrogen-bond donors (Lipinski definition) is 1. The van der Waals surface area contributed by atoms with Gasteiger partial charge in [0.1, 0.15) is 5.75 Å². The van der Waals surface area contributed by atoms with E-state index in [-0.39, 0.29) is 11.7 Å². The molecule has 1 amide bonds. The molecule has 0 heterocycles. The van der Waals surface area contributed by atoms with Gasteiger partial charge >= 0.3 is 0 Å². The lowest BCUT2D eigenvalue weighted by atomic mass is 10.1. The first-order valence-electron chi connectivity index (χ1n) is 9.20. The van der Waals surface area contributed by atoms with Crippen LogP contribution in [-0.2, 0) is 11.2 Å². The summed E-state index contributed by atoms with van der Waals surface area (Å²) in [7, 11) is 5.61. The Morgan fingerprint density at radius 1 is 0.963 bits per heavy atom. The minimum absolute atomic E-state index is 0.0116. The Morgan fingerprint density at radius 2 is 1.63 bits per heavy atom. The molecule has 0 aliphatic carbocycles. The summed E-state index contributed by atoms with van der Waals surface area (Å²) in [6.45, 7) is 0.604. The van der Waals surface area contributed by atoms with Gasteiger partial charge in [-0.25, -0.2) is 0 Å². The summed E-state index contributed by atoms with van der Waals surface area (Å²) in [5.41, 5.74) is 3.00. The summed E-state index contributed by atoms with van der Waals surface area (Å²) in [5.74, 6) is 0.760. The number of nitrogens with zero attached hydrogens (tertiary/aromatic N) is 1. The molecule has 5 heteroatoms. The molecule has 0 fully saturated rings. The van der Waals surface area contributed by atoms with Gasteiger partial charge in [-0.1, -0.05) is 12.1 Å². The van der Waals surface area contributed by atoms with Crippen LogP contribution in [0.4, 0.5) is 5.69 Å². The van der Waals surface area contributed by atoms with Crippen LogP contribution in [-0.4, -0.2) is 39.4 Å². The first-order chi connectivity index (χ1) is 13.0. The van der Waals surface area contributed by atoms with E-state index in [1.165, 1.54) is 5.56 Å². The van der Waals surface area contributed by atoms with Crippen LogP contribution in [0.2, 0.25) is 0 Å². The number of hydrogen-bond acceptors (Lipinski definition) is 4. The number of amides is 1. The highest BCUT2D eigenvalue weighted by atomic mass is 16.5. The zero-order valence-electron chi connectivity index (χ0n) is 16.3. The highest BCUT2D eigenvalue weighted by Crippen LogP contribution is 2.14. The predicted molar refractivity (Wildman–Crippen MR) is 109 cm³/mol. The zero-order valence-corrected chi connectivity index (χ0v) is 16.3. The average molecular weight is 368 g/mol. The van der Waals surface area contributed by atoms with E-state index in [0.29, 0.717) is 31.4 Å². The van der Waals surface area contributed by atoms with Crippen LogP contribution in [0.25, 0.3) is 0 Å². The van der Waals surface area contributed by atoms with Crippen molar-refractivity contribution in [2.75, 3.05) is 32.6 Å². The first-order valence-corrected chi connectivity index (χ1v) is 9.20. The van der Waals surface area contributed by atoms with Crippen molar-refractivity contribution in [2.24, 2.45) is 0 Å². The van der Waals surface area contributed by atoms with Gasteiger partial charge in [-0.05, 0) is 54.8 Å². The summed E-state index contributed by atoms with van der Waals surface area (Å²) < 4.78 is 5.08. The summed E-state index contributed by atoms with van der Waals surface area (Å²) in [4.78, 5) is 26.1. The van der Waals surface area contributed by atoms with Crippen molar-refractivity contribution < 1.29 is 14.3 Å². The van der Waals surface area contributed by atoms with E-state index in [1.54, 1.807) is 31.4 Å². The quantitative estimate of drug-likeness (QED) is 0.653. The van der Waals surface area contributed by atoms with E-state index in [1.807, 2.05) is 14.1 Å². The monoisotopic (exact) mass is 368 g/mol. The second kappa shape index (κ2) is 10.4. The summed E-state index contributed by atoms with van der Waals surface area (Å²) >= 11 is 0. The number of carbonyl (C=O) groups excluding carboxylic acids is 2. The van der Waals surface area contributed by atoms with Gasteiger partial charge < -0.3 is 15.0 Å². The number of carbonyl (C=O) groups is 2. The van der Waals surface area contributed by atoms with Crippen molar-refractivity contribution in [3.05, 3.63) is 59.7 Å². The van der Waals surface area contributed by atoms with Gasteiger partial charge in [-0.15, -0.1) is 0 Å². The minimum atomic E-state index is -0.0116. The Kier molecular flexibility index (Phi) is 7.86. The molecule has 144 valence electrons. The number of ether oxygens (including phenoxy) is 1. The molecule has 0 bridgehead atoms. The SMILES string of the molecule is COc1ccc(C(=O)CCCC(=O)NCCc2ccc(N(C)C)cc2)cc1. The molecule has 0 saturated heterocycles. The van der Waals surface area contributed by atoms with Crippen LogP contribution in [0, 0.1) is 0 Å². The van der Waals surface area contributed by atoms with Crippen molar-refractivity contribution in [1.29, 1.82) is 0 Å². The Hall–Kier alpha value is -2.82. The molecule has 0 atom stereocenters. The molecule has 0 spiro atoms. The van der Waals surface area contributed by atoms with Crippen LogP contribution in [0.1, 0.15) is 35.2 Å². The fourth-order valence-corrected chi connectivity index (χ4v) is 2.73. The topological polar surface area (TPSA) is 58.6 Å². The molecule has 0 radical (unpaired) electrons. The van der Waals surface area contributed by atoms with Crippen molar-refractivity contribution in [3.63, 3.8) is 0 Å². The van der Waals surface area contributed by atoms with Crippen LogP contribution in [0.5, 0.6) is 5.75 Å². The Balaban J connectivity index is 1.64. The average Bonchev–Trinajstić information content (AvgIpc) is 2.68. The summed E-state index contributed by atoms with van der Waals surface area (Å²) in [6, 6.07) is 15.3. The molecule has 2 aromatic rings. The first kappa shape index (κ1) is 20.5. The number of ketones is 1. The molecule has 0 saturated carbocycles. The minimum Gasteiger partial charge on any atom is -0.497 e. The van der Waals surface area contributed by atoms with Gasteiger partial charge in [0.15, 0.2) is 5.78 Å². The lowest BCUT2D eigenvalue weighted by Gasteiger charge is -2.12. The van der Waals surface area contributed by atoms with Crippen molar-refractivity contribution in [3.8, 4) is 5.75 Å². The molecule has 0 unspecified atom stereocenters. The van der Waals surface area contributed by atoms with E-state index in [0.717, 1.165) is 17.9 Å². The number of benzene rings is 2. The number of nitrogens with one attached hydrogen (secondary N) is 1. The second-order valence-electron chi connectivity index (χ2n) is 6.67. The lowest BCUT2D eigenvalue weighted by molar-refractivity contribution is -0.121. The third-order valence-corrected chi connectivity index (χ3v) is 4.41. The largest absolute Gasteiger partial charge is 0.497 e. The lowest BCUT2D eigenvalue weighted by Crippen LogP contribution is -2.25. The number of rotatable bonds is 10. The fraction of sp³-hybridized carbons (Fsp3) is 0.364. The second-order valence-corrected chi connectivity index (χ2v) is 6.67. The molecule has 0 aromatic heterocycles. The molecule has 2 aromatic carbocycles. The molecule has 2 rings (SSSR count). The van der Waals surface area contributed by atoms with Crippen LogP contribution < -0.4 is 15.0 Å². The van der Waals surface area contributed by atoms with Gasteiger partial charge in [0.25, 0.3) is 0 Å². The van der Waals surface area contributed by atoms with Crippen molar-refractivity contribution in [1.82, 2.24) is 5.32 Å². The molecule has 1 N–H and O–H groups in total. The van der Waals surface area contributed by atoms with Crippen molar-refractivity contribution >= 4 is 17.4 Å². The maximum absolute atomic E-state index is 12.1. The van der Waals surface area contributed by atoms with Gasteiger partial charge in [0.2, 0.25) is 5.91 Å². The molecular formula is C22H28N2O3. The van der Waals surface area contributed by atoms with E-state index in [9.17, 15) is 9.59 Å². The summed E-state index contributed by atoms with van der Waals surface area (Å²) in [5, 5.41) is 2.92. The molecular weight excluding hydrogens is 340 g/mol. The summed E-state index contributed by atoms with van der Waals surface area (Å²) in [6.07, 6.45) is 2.08. The smallest absolute Gasteiger partial charge is 0.220 e. The predicted octanol–water partition coefficient (Wildman–Crippen LogP) is 3.47. The van der Waals surface area contributed by atoms with Gasteiger partial charge in [0.05, 0.1) is 7.11 Å². The van der Waals surface area contributed by atoms with Gasteiger partial charge in [-0.3, -0.25) is 9.59 Å². The van der Waals surface area contributed by atoms with Gasteiger partial charge in [-0.2, -0.15) is 0 Å². The zero-order chi connectivity index (χ0) is 19.6. The third-order valence-electron chi connectivity index (χ3n) is 4.41. The Bertz CT molecular complexity index is 737. The number of methoxy groups -OCH3 is 1. The van der Waals surface area contributed by atoms with Crippen LogP contribution >= 0.6 is 0 Å². The fourth-order valence-electron chi connectivity index (χ4n) is 2.73. The van der Waals surface area contributed by atoms with E-state index >= 15 is 0 Å². The van der Waals surface area contributed by atoms with Crippen LogP contribution in [0.15, 0.2) is 48.5 Å². The Labute approximate surface area is 161 Å². The molecule has 0 aliphatic heterocycles. The van der Waals surface area contributed by atoms with E-state index in [2.05, 4.69) is 34.5 Å². The molecule has 0 aliphatic rings. The maximum atomic E-state index is 12.1. The normalized spacial score (nSPS) is 10.3. The molecule has 5 nitrogen and oxygen atoms in total. The van der Waals surface area contributed by atoms with Crippen LogP contribution in [0.3, 0.4) is 0 Å².